The van der Waals surface area contributed by atoms with E-state index in [1.54, 1.807) is 41.1 Å². The van der Waals surface area contributed by atoms with E-state index < -0.39 is 24.6 Å². The van der Waals surface area contributed by atoms with Crippen LogP contribution in [-0.4, -0.2) is 43.0 Å². The molecule has 1 aromatic heterocycles. The van der Waals surface area contributed by atoms with Crippen molar-refractivity contribution >= 4 is 35.4 Å². The number of aliphatic carboxylic acids is 1. The molecule has 0 spiro atoms. The van der Waals surface area contributed by atoms with Crippen molar-refractivity contribution in [2.45, 2.75) is 44.8 Å². The molecule has 2 unspecified atom stereocenters. The molecule has 0 fully saturated rings. The summed E-state index contributed by atoms with van der Waals surface area (Å²) in [7, 11) is 0. The second-order valence-corrected chi connectivity index (χ2v) is 9.13. The first kappa shape index (κ1) is 25.9. The lowest BCUT2D eigenvalue weighted by atomic mass is 10.0. The van der Waals surface area contributed by atoms with Gasteiger partial charge >= 0.3 is 5.97 Å². The minimum Gasteiger partial charge on any atom is -0.481 e. The molecule has 0 aliphatic rings. The SMILES string of the molecule is CC(C)c1nc(-c2cc(Cl)cc(Cl)c2)c(-c2ccc(F)cc2)n1/C=C/C(O)CC(O)CC(=O)O. The van der Waals surface area contributed by atoms with Gasteiger partial charge in [0.05, 0.1) is 30.0 Å². The lowest BCUT2D eigenvalue weighted by molar-refractivity contribution is -0.139. The molecule has 0 saturated carbocycles. The van der Waals surface area contributed by atoms with E-state index in [4.69, 9.17) is 33.3 Å². The topological polar surface area (TPSA) is 95.6 Å². The molecule has 0 bridgehead atoms. The third kappa shape index (κ3) is 6.45. The number of aliphatic hydroxyl groups excluding tert-OH is 2. The number of aliphatic hydroxyl groups is 2. The van der Waals surface area contributed by atoms with Crippen LogP contribution in [0.4, 0.5) is 4.39 Å². The van der Waals surface area contributed by atoms with Crippen LogP contribution in [0.1, 0.15) is 38.4 Å². The van der Waals surface area contributed by atoms with Crippen molar-refractivity contribution in [2.75, 3.05) is 0 Å². The van der Waals surface area contributed by atoms with Crippen LogP contribution in [0.2, 0.25) is 10.0 Å². The molecule has 34 heavy (non-hydrogen) atoms. The van der Waals surface area contributed by atoms with Crippen LogP contribution in [0.5, 0.6) is 0 Å². The molecule has 9 heteroatoms. The summed E-state index contributed by atoms with van der Waals surface area (Å²) in [6.45, 7) is 3.92. The fraction of sp³-hybridized carbons (Fsp3) is 0.280. The first-order valence-electron chi connectivity index (χ1n) is 10.7. The molecular formula is C25H25Cl2FN2O4. The van der Waals surface area contributed by atoms with E-state index >= 15 is 0 Å². The zero-order valence-corrected chi connectivity index (χ0v) is 20.1. The summed E-state index contributed by atoms with van der Waals surface area (Å²) in [6.07, 6.45) is 0.187. The highest BCUT2D eigenvalue weighted by molar-refractivity contribution is 6.35. The molecule has 0 amide bonds. The van der Waals surface area contributed by atoms with Gasteiger partial charge in [0.1, 0.15) is 11.6 Å². The van der Waals surface area contributed by atoms with Gasteiger partial charge in [0.15, 0.2) is 0 Å². The number of halogens is 3. The second-order valence-electron chi connectivity index (χ2n) is 8.25. The van der Waals surface area contributed by atoms with E-state index in [2.05, 4.69) is 0 Å². The number of imidazole rings is 1. The average Bonchev–Trinajstić information content (AvgIpc) is 3.11. The number of rotatable bonds is 9. The summed E-state index contributed by atoms with van der Waals surface area (Å²) in [5.41, 5.74) is 2.56. The molecule has 0 radical (unpaired) electrons. The minimum atomic E-state index is -1.19. The summed E-state index contributed by atoms with van der Waals surface area (Å²) in [6, 6.07) is 11.0. The first-order chi connectivity index (χ1) is 16.0. The minimum absolute atomic E-state index is 0.0259. The highest BCUT2D eigenvalue weighted by Crippen LogP contribution is 2.37. The number of benzene rings is 2. The molecule has 2 aromatic carbocycles. The Morgan fingerprint density at radius 2 is 1.71 bits per heavy atom. The molecule has 2 atom stereocenters. The van der Waals surface area contributed by atoms with Crippen LogP contribution in [0.3, 0.4) is 0 Å². The molecule has 0 aliphatic carbocycles. The molecule has 0 aliphatic heterocycles. The van der Waals surface area contributed by atoms with Crippen LogP contribution in [0.25, 0.3) is 28.7 Å². The Bertz CT molecular complexity index is 1170. The maximum atomic E-state index is 13.7. The number of carbonyl (C=O) groups is 1. The van der Waals surface area contributed by atoms with Crippen molar-refractivity contribution in [3.63, 3.8) is 0 Å². The van der Waals surface area contributed by atoms with Crippen molar-refractivity contribution in [1.29, 1.82) is 0 Å². The average molecular weight is 507 g/mol. The Hall–Kier alpha value is -2.71. The zero-order valence-electron chi connectivity index (χ0n) is 18.6. The predicted molar refractivity (Wildman–Crippen MR) is 131 cm³/mol. The van der Waals surface area contributed by atoms with Crippen molar-refractivity contribution in [3.8, 4) is 22.5 Å². The van der Waals surface area contributed by atoms with Crippen molar-refractivity contribution in [2.24, 2.45) is 0 Å². The van der Waals surface area contributed by atoms with Crippen molar-refractivity contribution < 1.29 is 24.5 Å². The molecule has 3 aromatic rings. The molecule has 3 N–H and O–H groups in total. The third-order valence-corrected chi connectivity index (χ3v) is 5.53. The quantitative estimate of drug-likeness (QED) is 0.338. The van der Waals surface area contributed by atoms with Gasteiger partial charge in [0.2, 0.25) is 0 Å². The van der Waals surface area contributed by atoms with Gasteiger partial charge in [-0.25, -0.2) is 9.37 Å². The Labute approximate surface area is 206 Å². The van der Waals surface area contributed by atoms with Crippen LogP contribution in [0, 0.1) is 5.82 Å². The smallest absolute Gasteiger partial charge is 0.305 e. The highest BCUT2D eigenvalue weighted by Gasteiger charge is 2.22. The Balaban J connectivity index is 2.14. The number of carboxylic acids is 1. The maximum Gasteiger partial charge on any atom is 0.305 e. The highest BCUT2D eigenvalue weighted by atomic mass is 35.5. The van der Waals surface area contributed by atoms with E-state index in [-0.39, 0.29) is 18.2 Å². The van der Waals surface area contributed by atoms with Crippen molar-refractivity contribution in [1.82, 2.24) is 9.55 Å². The third-order valence-electron chi connectivity index (χ3n) is 5.09. The molecule has 0 saturated heterocycles. The summed E-state index contributed by atoms with van der Waals surface area (Å²) >= 11 is 12.5. The van der Waals surface area contributed by atoms with Crippen LogP contribution in [0.15, 0.2) is 48.5 Å². The van der Waals surface area contributed by atoms with Crippen LogP contribution in [-0.2, 0) is 4.79 Å². The van der Waals surface area contributed by atoms with Gasteiger partial charge in [0, 0.05) is 39.7 Å². The molecule has 180 valence electrons. The Kier molecular flexibility index (Phi) is 8.49. The van der Waals surface area contributed by atoms with E-state index in [0.717, 1.165) is 0 Å². The number of carboxylic acid groups (broad SMARTS) is 1. The summed E-state index contributed by atoms with van der Waals surface area (Å²) in [5, 5.41) is 29.9. The van der Waals surface area contributed by atoms with Crippen molar-refractivity contribution in [3.05, 3.63) is 70.2 Å². The first-order valence-corrected chi connectivity index (χ1v) is 11.4. The largest absolute Gasteiger partial charge is 0.481 e. The zero-order chi connectivity index (χ0) is 25.0. The molecular weight excluding hydrogens is 482 g/mol. The monoisotopic (exact) mass is 506 g/mol. The summed E-state index contributed by atoms with van der Waals surface area (Å²) in [4.78, 5) is 15.6. The fourth-order valence-corrected chi connectivity index (χ4v) is 4.14. The summed E-state index contributed by atoms with van der Waals surface area (Å²) < 4.78 is 15.4. The van der Waals surface area contributed by atoms with Crippen LogP contribution >= 0.6 is 23.2 Å². The Morgan fingerprint density at radius 3 is 2.26 bits per heavy atom. The lowest BCUT2D eigenvalue weighted by Gasteiger charge is -2.13. The van der Waals surface area contributed by atoms with Gasteiger partial charge in [-0.15, -0.1) is 0 Å². The Morgan fingerprint density at radius 1 is 1.09 bits per heavy atom. The number of hydrogen-bond donors (Lipinski definition) is 3. The lowest BCUT2D eigenvalue weighted by Crippen LogP contribution is -2.19. The predicted octanol–water partition coefficient (Wildman–Crippen LogP) is 5.84. The molecule has 1 heterocycles. The number of hydrogen-bond acceptors (Lipinski definition) is 4. The summed E-state index contributed by atoms with van der Waals surface area (Å²) in [5.74, 6) is -0.893. The van der Waals surface area contributed by atoms with Gasteiger partial charge in [-0.3, -0.25) is 4.79 Å². The second kappa shape index (κ2) is 11.1. The number of aromatic nitrogens is 2. The van der Waals surface area contributed by atoms with Gasteiger partial charge in [-0.2, -0.15) is 0 Å². The molecule has 3 rings (SSSR count). The van der Waals surface area contributed by atoms with Gasteiger partial charge < -0.3 is 19.9 Å². The number of nitrogens with zero attached hydrogens (tertiary/aromatic N) is 2. The van der Waals surface area contributed by atoms with Gasteiger partial charge in [-0.05, 0) is 48.5 Å². The van der Waals surface area contributed by atoms with E-state index in [1.807, 2.05) is 13.8 Å². The normalized spacial score (nSPS) is 13.5. The standard InChI is InChI=1S/C25H25Cl2FN2O4/c1-14(2)25-29-23(16-9-17(26)11-18(27)10-16)24(15-3-5-19(28)6-4-15)30(25)8-7-20(31)12-21(32)13-22(33)34/h3-11,14,20-21,31-32H,12-13H2,1-2H3,(H,33,34)/b8-7+. The van der Waals surface area contributed by atoms with Crippen LogP contribution < -0.4 is 0 Å². The van der Waals surface area contributed by atoms with E-state index in [9.17, 15) is 19.4 Å². The fourth-order valence-electron chi connectivity index (χ4n) is 3.61. The van der Waals surface area contributed by atoms with Gasteiger partial charge in [0.25, 0.3) is 0 Å². The molecule has 6 nitrogen and oxygen atoms in total. The maximum absolute atomic E-state index is 13.7. The van der Waals surface area contributed by atoms with E-state index in [1.165, 1.54) is 18.2 Å². The van der Waals surface area contributed by atoms with E-state index in [0.29, 0.717) is 38.4 Å². The van der Waals surface area contributed by atoms with Gasteiger partial charge in [-0.1, -0.05) is 37.0 Å².